The van der Waals surface area contributed by atoms with Crippen molar-refractivity contribution in [2.24, 2.45) is 0 Å². The first kappa shape index (κ1) is 20.4. The Bertz CT molecular complexity index is 792. The molecule has 3 rings (SSSR count). The normalized spacial score (nSPS) is 20.4. The van der Waals surface area contributed by atoms with Gasteiger partial charge in [0, 0.05) is 30.0 Å². The monoisotopic (exact) mass is 429 g/mol. The highest BCUT2D eigenvalue weighted by molar-refractivity contribution is 7.13. The summed E-state index contributed by atoms with van der Waals surface area (Å²) in [5.74, 6) is 0.113. The van der Waals surface area contributed by atoms with Crippen LogP contribution in [0.2, 0.25) is 10.0 Å². The average molecular weight is 430 g/mol. The molecule has 2 heterocycles. The van der Waals surface area contributed by atoms with E-state index in [9.17, 15) is 4.79 Å². The number of hydrogen-bond acceptors (Lipinski definition) is 6. The van der Waals surface area contributed by atoms with Crippen LogP contribution in [0, 0.1) is 0 Å². The minimum absolute atomic E-state index is 0.158. The van der Waals surface area contributed by atoms with Gasteiger partial charge in [-0.1, -0.05) is 23.2 Å². The number of halogens is 2. The largest absolute Gasteiger partial charge is 0.482 e. The van der Waals surface area contributed by atoms with E-state index in [2.05, 4.69) is 29.0 Å². The molecular formula is C18H21Cl2N3O3S. The molecule has 1 fully saturated rings. The van der Waals surface area contributed by atoms with E-state index in [0.29, 0.717) is 20.9 Å². The van der Waals surface area contributed by atoms with Crippen LogP contribution in [-0.4, -0.2) is 47.7 Å². The molecule has 6 nitrogen and oxygen atoms in total. The van der Waals surface area contributed by atoms with Crippen LogP contribution in [0.1, 0.15) is 19.5 Å². The molecule has 2 atom stereocenters. The molecular weight excluding hydrogens is 409 g/mol. The summed E-state index contributed by atoms with van der Waals surface area (Å²) in [4.78, 5) is 18.9. The van der Waals surface area contributed by atoms with Crippen molar-refractivity contribution in [1.29, 1.82) is 0 Å². The summed E-state index contributed by atoms with van der Waals surface area (Å²) in [6.07, 6.45) is 0.423. The van der Waals surface area contributed by atoms with Crippen molar-refractivity contribution in [3.8, 4) is 5.75 Å². The summed E-state index contributed by atoms with van der Waals surface area (Å²) in [5, 5.41) is 6.13. The molecule has 2 aromatic rings. The minimum atomic E-state index is -0.296. The standard InChI is InChI=1S/C18H21Cl2N3O3S/c1-11-6-23(7-12(2)26-11)8-14-10-27-18(21-14)22-17(24)9-25-16-4-3-13(19)5-15(16)20/h3-5,10-12H,6-9H2,1-2H3,(H,21,22,24). The van der Waals surface area contributed by atoms with Gasteiger partial charge in [-0.3, -0.25) is 15.0 Å². The lowest BCUT2D eigenvalue weighted by Crippen LogP contribution is -2.44. The van der Waals surface area contributed by atoms with Gasteiger partial charge in [0.1, 0.15) is 5.75 Å². The van der Waals surface area contributed by atoms with Crippen LogP contribution in [0.4, 0.5) is 5.13 Å². The van der Waals surface area contributed by atoms with Crippen LogP contribution >= 0.6 is 34.5 Å². The number of aromatic nitrogens is 1. The van der Waals surface area contributed by atoms with Crippen LogP contribution < -0.4 is 10.1 Å². The van der Waals surface area contributed by atoms with Crippen molar-refractivity contribution in [3.63, 3.8) is 0 Å². The molecule has 1 N–H and O–H groups in total. The molecule has 0 aliphatic carbocycles. The second-order valence-electron chi connectivity index (χ2n) is 6.51. The fraction of sp³-hybridized carbons (Fsp3) is 0.444. The lowest BCUT2D eigenvalue weighted by molar-refractivity contribution is -0.118. The number of anilines is 1. The molecule has 146 valence electrons. The lowest BCUT2D eigenvalue weighted by Gasteiger charge is -2.34. The van der Waals surface area contributed by atoms with Gasteiger partial charge in [-0.05, 0) is 32.0 Å². The molecule has 1 aromatic heterocycles. The van der Waals surface area contributed by atoms with E-state index in [0.717, 1.165) is 25.3 Å². The summed E-state index contributed by atoms with van der Waals surface area (Å²) >= 11 is 13.3. The number of carbonyl (C=O) groups excluding carboxylic acids is 1. The zero-order chi connectivity index (χ0) is 19.4. The topological polar surface area (TPSA) is 63.7 Å². The van der Waals surface area contributed by atoms with E-state index in [4.69, 9.17) is 32.7 Å². The van der Waals surface area contributed by atoms with Crippen molar-refractivity contribution in [2.75, 3.05) is 25.0 Å². The number of hydrogen-bond donors (Lipinski definition) is 1. The maximum absolute atomic E-state index is 12.1. The quantitative estimate of drug-likeness (QED) is 0.749. The number of nitrogens with one attached hydrogen (secondary N) is 1. The second-order valence-corrected chi connectivity index (χ2v) is 8.21. The number of benzene rings is 1. The number of ether oxygens (including phenoxy) is 2. The van der Waals surface area contributed by atoms with Gasteiger partial charge in [0.25, 0.3) is 5.91 Å². The Hall–Kier alpha value is -1.38. The van der Waals surface area contributed by atoms with Gasteiger partial charge in [0.05, 0.1) is 22.9 Å². The number of carbonyl (C=O) groups is 1. The van der Waals surface area contributed by atoms with Gasteiger partial charge in [-0.15, -0.1) is 11.3 Å². The summed E-state index contributed by atoms with van der Waals surface area (Å²) in [5.41, 5.74) is 0.929. The van der Waals surface area contributed by atoms with Crippen molar-refractivity contribution in [3.05, 3.63) is 39.3 Å². The van der Waals surface area contributed by atoms with E-state index in [1.165, 1.54) is 11.3 Å². The van der Waals surface area contributed by atoms with Crippen LogP contribution in [-0.2, 0) is 16.1 Å². The zero-order valence-corrected chi connectivity index (χ0v) is 17.4. The van der Waals surface area contributed by atoms with E-state index < -0.39 is 0 Å². The lowest BCUT2D eigenvalue weighted by atomic mass is 10.2. The predicted octanol–water partition coefficient (Wildman–Crippen LogP) is 4.08. The fourth-order valence-electron chi connectivity index (χ4n) is 2.97. The zero-order valence-electron chi connectivity index (χ0n) is 15.1. The number of morpholine rings is 1. The van der Waals surface area contributed by atoms with E-state index >= 15 is 0 Å². The summed E-state index contributed by atoms with van der Waals surface area (Å²) in [7, 11) is 0. The first-order chi connectivity index (χ1) is 12.9. The Balaban J connectivity index is 1.49. The maximum atomic E-state index is 12.1. The van der Waals surface area contributed by atoms with Gasteiger partial charge in [0.2, 0.25) is 0 Å². The highest BCUT2D eigenvalue weighted by Crippen LogP contribution is 2.27. The van der Waals surface area contributed by atoms with Gasteiger partial charge in [-0.25, -0.2) is 4.98 Å². The molecule has 1 aromatic carbocycles. The highest BCUT2D eigenvalue weighted by Gasteiger charge is 2.22. The van der Waals surface area contributed by atoms with Gasteiger partial charge >= 0.3 is 0 Å². The van der Waals surface area contributed by atoms with Gasteiger partial charge < -0.3 is 9.47 Å². The van der Waals surface area contributed by atoms with Crippen LogP contribution in [0.3, 0.4) is 0 Å². The SMILES string of the molecule is CC1CN(Cc2csc(NC(=O)COc3ccc(Cl)cc3Cl)n2)CC(C)O1. The van der Waals surface area contributed by atoms with E-state index in [-0.39, 0.29) is 24.7 Å². The molecule has 0 bridgehead atoms. The molecule has 1 aliphatic rings. The minimum Gasteiger partial charge on any atom is -0.482 e. The molecule has 9 heteroatoms. The van der Waals surface area contributed by atoms with Gasteiger partial charge in [0.15, 0.2) is 11.7 Å². The van der Waals surface area contributed by atoms with Crippen LogP contribution in [0.15, 0.2) is 23.6 Å². The van der Waals surface area contributed by atoms with Gasteiger partial charge in [-0.2, -0.15) is 0 Å². The smallest absolute Gasteiger partial charge is 0.264 e. The van der Waals surface area contributed by atoms with E-state index in [1.54, 1.807) is 18.2 Å². The predicted molar refractivity (Wildman–Crippen MR) is 108 cm³/mol. The third kappa shape index (κ3) is 6.05. The molecule has 1 amide bonds. The van der Waals surface area contributed by atoms with E-state index in [1.807, 2.05) is 5.38 Å². The Labute approximate surface area is 172 Å². The second kappa shape index (κ2) is 9.21. The first-order valence-corrected chi connectivity index (χ1v) is 10.2. The number of nitrogens with zero attached hydrogens (tertiary/aromatic N) is 2. The molecule has 27 heavy (non-hydrogen) atoms. The Morgan fingerprint density at radius 3 is 2.81 bits per heavy atom. The van der Waals surface area contributed by atoms with Crippen LogP contribution in [0.5, 0.6) is 5.75 Å². The Morgan fingerprint density at radius 2 is 2.11 bits per heavy atom. The number of thiazole rings is 1. The number of rotatable bonds is 6. The maximum Gasteiger partial charge on any atom is 0.264 e. The average Bonchev–Trinajstić information content (AvgIpc) is 3.00. The van der Waals surface area contributed by atoms with Crippen molar-refractivity contribution in [2.45, 2.75) is 32.6 Å². The molecule has 0 radical (unpaired) electrons. The third-order valence-corrected chi connectivity index (χ3v) is 5.27. The molecule has 1 aliphatic heterocycles. The Morgan fingerprint density at radius 1 is 1.37 bits per heavy atom. The molecule has 2 unspecified atom stereocenters. The molecule has 0 saturated carbocycles. The third-order valence-electron chi connectivity index (χ3n) is 3.93. The first-order valence-electron chi connectivity index (χ1n) is 8.59. The Kier molecular flexibility index (Phi) is 6.94. The summed E-state index contributed by atoms with van der Waals surface area (Å²) in [6.45, 7) is 6.47. The number of amides is 1. The van der Waals surface area contributed by atoms with Crippen molar-refractivity contribution < 1.29 is 14.3 Å². The molecule has 1 saturated heterocycles. The van der Waals surface area contributed by atoms with Crippen LogP contribution in [0.25, 0.3) is 0 Å². The van der Waals surface area contributed by atoms with Crippen molar-refractivity contribution in [1.82, 2.24) is 9.88 Å². The van der Waals surface area contributed by atoms with Crippen molar-refractivity contribution >= 4 is 45.6 Å². The highest BCUT2D eigenvalue weighted by atomic mass is 35.5. The summed E-state index contributed by atoms with van der Waals surface area (Å²) in [6, 6.07) is 4.85. The summed E-state index contributed by atoms with van der Waals surface area (Å²) < 4.78 is 11.2. The fourth-order valence-corrected chi connectivity index (χ4v) is 4.15. The molecule has 0 spiro atoms.